The molecule has 0 aliphatic carbocycles. The highest BCUT2D eigenvalue weighted by Crippen LogP contribution is 2.25. The number of anilines is 1. The molecule has 1 aromatic carbocycles. The van der Waals surface area contributed by atoms with E-state index in [1.54, 1.807) is 24.7 Å². The smallest absolute Gasteiger partial charge is 0.271 e. The van der Waals surface area contributed by atoms with Gasteiger partial charge in [0.25, 0.3) is 5.69 Å². The molecule has 2 aromatic rings. The third-order valence-electron chi connectivity index (χ3n) is 2.83. The summed E-state index contributed by atoms with van der Waals surface area (Å²) in [5.41, 5.74) is 2.53. The number of aromatic nitrogens is 2. The molecule has 1 unspecified atom stereocenters. The number of nitro groups is 1. The third kappa shape index (κ3) is 3.04. The van der Waals surface area contributed by atoms with E-state index >= 15 is 0 Å². The lowest BCUT2D eigenvalue weighted by molar-refractivity contribution is -0.384. The summed E-state index contributed by atoms with van der Waals surface area (Å²) in [6.45, 7) is 3.83. The summed E-state index contributed by atoms with van der Waals surface area (Å²) >= 11 is 0. The van der Waals surface area contributed by atoms with Crippen molar-refractivity contribution < 1.29 is 4.92 Å². The van der Waals surface area contributed by atoms with Crippen LogP contribution in [0.25, 0.3) is 0 Å². The van der Waals surface area contributed by atoms with Gasteiger partial charge in [0.2, 0.25) is 0 Å². The monoisotopic (exact) mass is 258 g/mol. The van der Waals surface area contributed by atoms with Crippen LogP contribution in [0, 0.1) is 17.0 Å². The fourth-order valence-corrected chi connectivity index (χ4v) is 1.72. The van der Waals surface area contributed by atoms with Crippen LogP contribution in [0.4, 0.5) is 11.4 Å². The largest absolute Gasteiger partial charge is 0.376 e. The van der Waals surface area contributed by atoms with Crippen LogP contribution in [0.1, 0.15) is 24.2 Å². The number of nitrogens with zero attached hydrogens (tertiary/aromatic N) is 3. The molecule has 1 atom stereocenters. The standard InChI is InChI=1S/C13H14N4O2/c1-9-3-4-11(17(18)19)7-12(9)16-10(2)13-8-14-5-6-15-13/h3-8,10,16H,1-2H3. The van der Waals surface area contributed by atoms with Gasteiger partial charge >= 0.3 is 0 Å². The molecule has 0 amide bonds. The second kappa shape index (κ2) is 5.43. The van der Waals surface area contributed by atoms with Gasteiger partial charge in [0.1, 0.15) is 0 Å². The lowest BCUT2D eigenvalue weighted by Gasteiger charge is -2.15. The highest BCUT2D eigenvalue weighted by atomic mass is 16.6. The molecule has 0 aliphatic rings. The summed E-state index contributed by atoms with van der Waals surface area (Å²) in [6.07, 6.45) is 4.90. The first-order valence-corrected chi connectivity index (χ1v) is 5.85. The van der Waals surface area contributed by atoms with Gasteiger partial charge in [-0.25, -0.2) is 0 Å². The Kier molecular flexibility index (Phi) is 3.70. The van der Waals surface area contributed by atoms with Crippen LogP contribution in [0.3, 0.4) is 0 Å². The second-order valence-corrected chi connectivity index (χ2v) is 4.25. The van der Waals surface area contributed by atoms with Crippen molar-refractivity contribution in [3.63, 3.8) is 0 Å². The van der Waals surface area contributed by atoms with Crippen molar-refractivity contribution in [2.24, 2.45) is 0 Å². The van der Waals surface area contributed by atoms with Crippen LogP contribution < -0.4 is 5.32 Å². The predicted molar refractivity (Wildman–Crippen MR) is 71.9 cm³/mol. The van der Waals surface area contributed by atoms with E-state index in [4.69, 9.17) is 0 Å². The molecule has 0 aliphatic heterocycles. The van der Waals surface area contributed by atoms with Crippen molar-refractivity contribution in [3.8, 4) is 0 Å². The van der Waals surface area contributed by atoms with Gasteiger partial charge < -0.3 is 5.32 Å². The minimum atomic E-state index is -0.405. The minimum Gasteiger partial charge on any atom is -0.376 e. The van der Waals surface area contributed by atoms with Crippen molar-refractivity contribution in [1.29, 1.82) is 0 Å². The van der Waals surface area contributed by atoms with Gasteiger partial charge in [0, 0.05) is 30.2 Å². The molecule has 1 aromatic heterocycles. The number of rotatable bonds is 4. The number of hydrogen-bond acceptors (Lipinski definition) is 5. The Bertz CT molecular complexity index is 586. The van der Waals surface area contributed by atoms with E-state index in [1.807, 2.05) is 13.8 Å². The number of hydrogen-bond donors (Lipinski definition) is 1. The quantitative estimate of drug-likeness (QED) is 0.673. The average molecular weight is 258 g/mol. The molecule has 98 valence electrons. The summed E-state index contributed by atoms with van der Waals surface area (Å²) in [6, 6.07) is 4.67. The molecule has 0 saturated heterocycles. The Morgan fingerprint density at radius 2 is 2.16 bits per heavy atom. The van der Waals surface area contributed by atoms with Gasteiger partial charge in [-0.1, -0.05) is 6.07 Å². The van der Waals surface area contributed by atoms with Crippen LogP contribution in [-0.2, 0) is 0 Å². The van der Waals surface area contributed by atoms with Crippen LogP contribution in [0.15, 0.2) is 36.8 Å². The van der Waals surface area contributed by atoms with Crippen molar-refractivity contribution in [2.75, 3.05) is 5.32 Å². The van der Waals surface area contributed by atoms with Crippen LogP contribution in [0.2, 0.25) is 0 Å². The molecule has 0 spiro atoms. The molecule has 0 saturated carbocycles. The average Bonchev–Trinajstić information content (AvgIpc) is 2.42. The maximum absolute atomic E-state index is 10.8. The van der Waals surface area contributed by atoms with Gasteiger partial charge in [0.05, 0.1) is 22.9 Å². The fraction of sp³-hybridized carbons (Fsp3) is 0.231. The van der Waals surface area contributed by atoms with Crippen LogP contribution in [-0.4, -0.2) is 14.9 Å². The van der Waals surface area contributed by atoms with Gasteiger partial charge in [-0.15, -0.1) is 0 Å². The van der Waals surface area contributed by atoms with E-state index < -0.39 is 4.92 Å². The second-order valence-electron chi connectivity index (χ2n) is 4.25. The zero-order valence-corrected chi connectivity index (χ0v) is 10.7. The molecular weight excluding hydrogens is 244 g/mol. The van der Waals surface area contributed by atoms with Crippen molar-refractivity contribution in [2.45, 2.75) is 19.9 Å². The maximum Gasteiger partial charge on any atom is 0.271 e. The highest BCUT2D eigenvalue weighted by Gasteiger charge is 2.12. The molecular formula is C13H14N4O2. The predicted octanol–water partition coefficient (Wildman–Crippen LogP) is 2.87. The Labute approximate surface area is 110 Å². The van der Waals surface area contributed by atoms with Gasteiger partial charge in [-0.05, 0) is 19.4 Å². The zero-order chi connectivity index (χ0) is 13.8. The zero-order valence-electron chi connectivity index (χ0n) is 10.7. The van der Waals surface area contributed by atoms with Crippen molar-refractivity contribution in [1.82, 2.24) is 9.97 Å². The topological polar surface area (TPSA) is 81.0 Å². The SMILES string of the molecule is Cc1ccc([N+](=O)[O-])cc1NC(C)c1cnccn1. The lowest BCUT2D eigenvalue weighted by atomic mass is 10.1. The summed E-state index contributed by atoms with van der Waals surface area (Å²) in [4.78, 5) is 18.6. The molecule has 6 heteroatoms. The third-order valence-corrected chi connectivity index (χ3v) is 2.83. The minimum absolute atomic E-state index is 0.0689. The number of aryl methyl sites for hydroxylation is 1. The fourth-order valence-electron chi connectivity index (χ4n) is 1.72. The Hall–Kier alpha value is -2.50. The number of nitrogens with one attached hydrogen (secondary N) is 1. The van der Waals surface area contributed by atoms with Crippen molar-refractivity contribution in [3.05, 3.63) is 58.2 Å². The van der Waals surface area contributed by atoms with E-state index in [0.717, 1.165) is 16.9 Å². The number of non-ortho nitro benzene ring substituents is 1. The Morgan fingerprint density at radius 3 is 2.79 bits per heavy atom. The summed E-state index contributed by atoms with van der Waals surface area (Å²) in [5.74, 6) is 0. The first-order valence-electron chi connectivity index (χ1n) is 5.85. The maximum atomic E-state index is 10.8. The molecule has 0 fully saturated rings. The molecule has 1 heterocycles. The first kappa shape index (κ1) is 12.9. The number of nitro benzene ring substituents is 1. The molecule has 0 bridgehead atoms. The number of benzene rings is 1. The Morgan fingerprint density at radius 1 is 1.37 bits per heavy atom. The van der Waals surface area contributed by atoms with Crippen LogP contribution in [0.5, 0.6) is 0 Å². The van der Waals surface area contributed by atoms with E-state index in [9.17, 15) is 10.1 Å². The summed E-state index contributed by atoms with van der Waals surface area (Å²) in [5, 5.41) is 14.0. The first-order chi connectivity index (χ1) is 9.08. The van der Waals surface area contributed by atoms with Gasteiger partial charge in [-0.3, -0.25) is 20.1 Å². The Balaban J connectivity index is 2.23. The van der Waals surface area contributed by atoms with E-state index in [1.165, 1.54) is 12.1 Å². The van der Waals surface area contributed by atoms with E-state index in [0.29, 0.717) is 0 Å². The molecule has 0 radical (unpaired) electrons. The molecule has 2 rings (SSSR count). The van der Waals surface area contributed by atoms with E-state index in [-0.39, 0.29) is 11.7 Å². The van der Waals surface area contributed by atoms with Gasteiger partial charge in [0.15, 0.2) is 0 Å². The summed E-state index contributed by atoms with van der Waals surface area (Å²) in [7, 11) is 0. The lowest BCUT2D eigenvalue weighted by Crippen LogP contribution is -2.09. The van der Waals surface area contributed by atoms with Gasteiger partial charge in [-0.2, -0.15) is 0 Å². The normalized spacial score (nSPS) is 11.9. The van der Waals surface area contributed by atoms with E-state index in [2.05, 4.69) is 15.3 Å². The van der Waals surface area contributed by atoms with Crippen LogP contribution >= 0.6 is 0 Å². The molecule has 19 heavy (non-hydrogen) atoms. The van der Waals surface area contributed by atoms with Crippen molar-refractivity contribution >= 4 is 11.4 Å². The molecule has 1 N–H and O–H groups in total. The summed E-state index contributed by atoms with van der Waals surface area (Å²) < 4.78 is 0. The molecule has 6 nitrogen and oxygen atoms in total. The highest BCUT2D eigenvalue weighted by molar-refractivity contribution is 5.57.